The molecule has 0 aliphatic carbocycles. The lowest BCUT2D eigenvalue weighted by molar-refractivity contribution is -0.164. The maximum Gasteiger partial charge on any atom is 0.306 e. The van der Waals surface area contributed by atoms with Gasteiger partial charge < -0.3 is 10.1 Å². The van der Waals surface area contributed by atoms with E-state index < -0.39 is 5.60 Å². The Morgan fingerprint density at radius 2 is 1.12 bits per heavy atom. The van der Waals surface area contributed by atoms with Crippen molar-refractivity contribution in [1.29, 1.82) is 0 Å². The number of ether oxygens (including phenoxy) is 1. The van der Waals surface area contributed by atoms with Gasteiger partial charge in [0.15, 0.2) is 0 Å². The van der Waals surface area contributed by atoms with Crippen LogP contribution >= 0.6 is 0 Å². The van der Waals surface area contributed by atoms with Gasteiger partial charge in [0.2, 0.25) is 0 Å². The first-order valence-corrected chi connectivity index (χ1v) is 17.7. The molecule has 42 heavy (non-hydrogen) atoms. The normalized spacial score (nSPS) is 13.9. The summed E-state index contributed by atoms with van der Waals surface area (Å²) < 4.78 is 6.11. The molecule has 3 nitrogen and oxygen atoms in total. The number of rotatable bonds is 23. The zero-order chi connectivity index (χ0) is 29.8. The van der Waals surface area contributed by atoms with Gasteiger partial charge in [0.25, 0.3) is 0 Å². The van der Waals surface area contributed by atoms with Crippen molar-refractivity contribution < 1.29 is 9.53 Å². The molecule has 1 saturated heterocycles. The third-order valence-electron chi connectivity index (χ3n) is 8.60. The molecule has 0 aromatic heterocycles. The van der Waals surface area contributed by atoms with Gasteiger partial charge in [-0.2, -0.15) is 0 Å². The molecule has 1 aromatic carbocycles. The van der Waals surface area contributed by atoms with Crippen molar-refractivity contribution in [3.8, 4) is 23.7 Å². The first kappa shape index (κ1) is 36.0. The van der Waals surface area contributed by atoms with Gasteiger partial charge in [-0.3, -0.25) is 4.79 Å². The second-order valence-electron chi connectivity index (χ2n) is 12.3. The maximum absolute atomic E-state index is 12.7. The Kier molecular flexibility index (Phi) is 21.7. The Balaban J connectivity index is 1.37. The highest BCUT2D eigenvalue weighted by molar-refractivity contribution is 5.70. The number of carbonyl (C=O) groups is 1. The lowest BCUT2D eigenvalue weighted by atomic mass is 9.84. The Bertz CT molecular complexity index is 910. The van der Waals surface area contributed by atoms with Gasteiger partial charge in [-0.15, -0.1) is 0 Å². The van der Waals surface area contributed by atoms with Crippen LogP contribution in [0.3, 0.4) is 0 Å². The summed E-state index contributed by atoms with van der Waals surface area (Å²) in [4.78, 5) is 12.7. The molecule has 3 heteroatoms. The molecular weight excluding hydrogens is 514 g/mol. The molecule has 0 amide bonds. The van der Waals surface area contributed by atoms with Crippen molar-refractivity contribution >= 4 is 5.97 Å². The van der Waals surface area contributed by atoms with Crippen LogP contribution in [0, 0.1) is 23.7 Å². The van der Waals surface area contributed by atoms with Crippen LogP contribution in [-0.4, -0.2) is 19.1 Å². The molecule has 0 radical (unpaired) electrons. The Morgan fingerprint density at radius 3 is 1.62 bits per heavy atom. The summed E-state index contributed by atoms with van der Waals surface area (Å²) >= 11 is 0. The number of piperidine rings is 1. The zero-order valence-corrected chi connectivity index (χ0v) is 27.1. The van der Waals surface area contributed by atoms with Gasteiger partial charge in [0.1, 0.15) is 5.60 Å². The summed E-state index contributed by atoms with van der Waals surface area (Å²) in [6, 6.07) is 10.3. The van der Waals surface area contributed by atoms with Crippen molar-refractivity contribution in [3.63, 3.8) is 0 Å². The van der Waals surface area contributed by atoms with Crippen LogP contribution in [0.5, 0.6) is 0 Å². The predicted molar refractivity (Wildman–Crippen MR) is 179 cm³/mol. The number of unbranched alkanes of at least 4 members (excludes halogenated alkanes) is 19. The van der Waals surface area contributed by atoms with E-state index in [0.29, 0.717) is 6.42 Å². The van der Waals surface area contributed by atoms with Crippen LogP contribution < -0.4 is 5.32 Å². The molecule has 1 fully saturated rings. The van der Waals surface area contributed by atoms with Gasteiger partial charge >= 0.3 is 5.97 Å². The van der Waals surface area contributed by atoms with E-state index in [1.165, 1.54) is 103 Å². The summed E-state index contributed by atoms with van der Waals surface area (Å²) in [7, 11) is 0. The molecule has 0 atom stereocenters. The smallest absolute Gasteiger partial charge is 0.306 e. The minimum atomic E-state index is -0.457. The molecule has 234 valence electrons. The Labute approximate surface area is 259 Å². The number of carbonyl (C=O) groups excluding carboxylic acids is 1. The zero-order valence-electron chi connectivity index (χ0n) is 27.1. The first-order valence-electron chi connectivity index (χ1n) is 17.7. The quantitative estimate of drug-likeness (QED) is 0.0801. The van der Waals surface area contributed by atoms with E-state index >= 15 is 0 Å². The lowest BCUT2D eigenvalue weighted by Gasteiger charge is -2.37. The monoisotopic (exact) mass is 575 g/mol. The Hall–Kier alpha value is -2.23. The number of benzene rings is 1. The van der Waals surface area contributed by atoms with Gasteiger partial charge in [0, 0.05) is 32.1 Å². The van der Waals surface area contributed by atoms with E-state index in [1.807, 2.05) is 18.2 Å². The number of esters is 1. The third kappa shape index (κ3) is 17.7. The van der Waals surface area contributed by atoms with Crippen molar-refractivity contribution in [3.05, 3.63) is 35.9 Å². The number of hydrogen-bond acceptors (Lipinski definition) is 3. The van der Waals surface area contributed by atoms with Crippen LogP contribution in [0.25, 0.3) is 0 Å². The average molecular weight is 576 g/mol. The van der Waals surface area contributed by atoms with Crippen LogP contribution in [0.15, 0.2) is 30.3 Å². The third-order valence-corrected chi connectivity index (χ3v) is 8.60. The molecule has 1 N–H and O–H groups in total. The van der Waals surface area contributed by atoms with E-state index in [0.717, 1.165) is 63.6 Å². The predicted octanol–water partition coefficient (Wildman–Crippen LogP) is 10.4. The largest absolute Gasteiger partial charge is 0.454 e. The van der Waals surface area contributed by atoms with Crippen molar-refractivity contribution in [2.24, 2.45) is 0 Å². The van der Waals surface area contributed by atoms with Crippen molar-refractivity contribution in [2.75, 3.05) is 13.1 Å². The summed E-state index contributed by atoms with van der Waals surface area (Å²) in [6.45, 7) is 4.06. The van der Waals surface area contributed by atoms with E-state index in [2.05, 4.69) is 48.1 Å². The van der Waals surface area contributed by atoms with E-state index in [4.69, 9.17) is 4.74 Å². The van der Waals surface area contributed by atoms with Crippen molar-refractivity contribution in [2.45, 2.75) is 167 Å². The van der Waals surface area contributed by atoms with Gasteiger partial charge in [0.05, 0.1) is 0 Å². The standard InChI is InChI=1S/C39H61NO2/c1-2-3-4-5-6-7-8-9-10-11-12-13-14-15-16-17-18-19-20-21-22-23-24-25-29-32-38(41)42-39(33-35-40-36-34-39)37-30-27-26-28-31-37/h26-28,30-31,40H,2-15,20-25,29,32-36H2,1H3. The molecule has 0 unspecified atom stereocenters. The molecular formula is C39H61NO2. The summed E-state index contributed by atoms with van der Waals surface area (Å²) in [5, 5.41) is 3.39. The minimum absolute atomic E-state index is 0.0498. The molecule has 2 rings (SSSR count). The molecule has 0 spiro atoms. The molecule has 0 saturated carbocycles. The minimum Gasteiger partial charge on any atom is -0.454 e. The number of hydrogen-bond donors (Lipinski definition) is 1. The topological polar surface area (TPSA) is 38.3 Å². The van der Waals surface area contributed by atoms with E-state index in [-0.39, 0.29) is 5.97 Å². The molecule has 1 aromatic rings. The second-order valence-corrected chi connectivity index (χ2v) is 12.3. The fourth-order valence-corrected chi connectivity index (χ4v) is 5.93. The van der Waals surface area contributed by atoms with E-state index in [1.54, 1.807) is 0 Å². The molecule has 0 bridgehead atoms. The lowest BCUT2D eigenvalue weighted by Crippen LogP contribution is -2.43. The summed E-state index contributed by atoms with van der Waals surface area (Å²) in [5.41, 5.74) is 0.671. The highest BCUT2D eigenvalue weighted by Crippen LogP contribution is 2.35. The average Bonchev–Trinajstić information content (AvgIpc) is 3.02. The van der Waals surface area contributed by atoms with Gasteiger partial charge in [-0.1, -0.05) is 152 Å². The van der Waals surface area contributed by atoms with E-state index in [9.17, 15) is 4.79 Å². The molecule has 1 heterocycles. The first-order chi connectivity index (χ1) is 20.8. The SMILES string of the molecule is CCCCCCCCCCCCCCCC#CC#CCCCCCCCCC(=O)OC1(c2ccccc2)CCNCC1. The molecule has 1 aliphatic rings. The van der Waals surface area contributed by atoms with Crippen LogP contribution in [0.2, 0.25) is 0 Å². The Morgan fingerprint density at radius 1 is 0.667 bits per heavy atom. The second kappa shape index (κ2) is 25.3. The van der Waals surface area contributed by atoms with Crippen molar-refractivity contribution in [1.82, 2.24) is 5.32 Å². The van der Waals surface area contributed by atoms with Gasteiger partial charge in [-0.05, 0) is 49.8 Å². The van der Waals surface area contributed by atoms with Crippen LogP contribution in [-0.2, 0) is 15.1 Å². The highest BCUT2D eigenvalue weighted by Gasteiger charge is 2.37. The fraction of sp³-hybridized carbons (Fsp3) is 0.718. The molecule has 1 aliphatic heterocycles. The number of nitrogens with one attached hydrogen (secondary N) is 1. The highest BCUT2D eigenvalue weighted by atomic mass is 16.6. The van der Waals surface area contributed by atoms with Crippen LogP contribution in [0.4, 0.5) is 0 Å². The summed E-state index contributed by atoms with van der Waals surface area (Å²) in [6.07, 6.45) is 28.9. The van der Waals surface area contributed by atoms with Crippen LogP contribution in [0.1, 0.15) is 167 Å². The summed E-state index contributed by atoms with van der Waals surface area (Å²) in [5.74, 6) is 12.5. The maximum atomic E-state index is 12.7. The fourth-order valence-electron chi connectivity index (χ4n) is 5.93. The van der Waals surface area contributed by atoms with Gasteiger partial charge in [-0.25, -0.2) is 0 Å².